The molecular formula is C34H55NO4. The number of carbonyl (C=O) groups excluding carboxylic acids is 1. The largest absolute Gasteiger partial charge is 0.507 e. The Morgan fingerprint density at radius 3 is 2.05 bits per heavy atom. The molecule has 2 rings (SSSR count). The summed E-state index contributed by atoms with van der Waals surface area (Å²) in [6, 6.07) is 4.05. The van der Waals surface area contributed by atoms with Crippen LogP contribution in [0.4, 0.5) is 0 Å². The molecule has 0 spiro atoms. The van der Waals surface area contributed by atoms with Crippen molar-refractivity contribution in [3.8, 4) is 5.75 Å². The number of aromatic hydroxyl groups is 1. The van der Waals surface area contributed by atoms with Gasteiger partial charge in [0, 0.05) is 12.0 Å². The number of phenols is 1. The average molecular weight is 542 g/mol. The van der Waals surface area contributed by atoms with Crippen LogP contribution < -0.4 is 0 Å². The van der Waals surface area contributed by atoms with Crippen LogP contribution in [0.15, 0.2) is 29.3 Å². The number of nitrogens with zero attached hydrogens (tertiary/aromatic N) is 1. The second-order valence-corrected chi connectivity index (χ2v) is 13.7. The summed E-state index contributed by atoms with van der Waals surface area (Å²) in [5, 5.41) is 10.9. The molecule has 1 aromatic carbocycles. The number of aryl methyl sites for hydroxylation is 1. The first-order chi connectivity index (χ1) is 18.2. The summed E-state index contributed by atoms with van der Waals surface area (Å²) in [7, 11) is 0. The first-order valence-electron chi connectivity index (χ1n) is 15.1. The van der Waals surface area contributed by atoms with Gasteiger partial charge in [0.15, 0.2) is 0 Å². The molecule has 1 aromatic rings. The number of aliphatic imine (C=N–C) groups is 1. The molecule has 0 radical (unpaired) electrons. The molecule has 5 nitrogen and oxygen atoms in total. The first-order valence-corrected chi connectivity index (χ1v) is 15.1. The lowest BCUT2D eigenvalue weighted by atomic mass is 9.78. The average Bonchev–Trinajstić information content (AvgIpc) is 3.24. The summed E-state index contributed by atoms with van der Waals surface area (Å²) in [6.45, 7) is 21.5. The highest BCUT2D eigenvalue weighted by molar-refractivity contribution is 5.94. The van der Waals surface area contributed by atoms with E-state index in [4.69, 9.17) is 14.5 Å². The number of rotatable bonds is 15. The monoisotopic (exact) mass is 541 g/mol. The molecule has 1 unspecified atom stereocenters. The fourth-order valence-corrected chi connectivity index (χ4v) is 4.90. The normalized spacial score (nSPS) is 17.6. The van der Waals surface area contributed by atoms with Gasteiger partial charge in [0.2, 0.25) is 5.90 Å². The van der Waals surface area contributed by atoms with Crippen molar-refractivity contribution in [1.29, 1.82) is 0 Å². The van der Waals surface area contributed by atoms with Gasteiger partial charge < -0.3 is 14.6 Å². The third-order valence-electron chi connectivity index (χ3n) is 7.47. The van der Waals surface area contributed by atoms with E-state index in [1.807, 2.05) is 19.1 Å². The first kappa shape index (κ1) is 32.9. The predicted molar refractivity (Wildman–Crippen MR) is 163 cm³/mol. The van der Waals surface area contributed by atoms with E-state index >= 15 is 0 Å². The van der Waals surface area contributed by atoms with Crippen molar-refractivity contribution in [2.24, 2.45) is 4.99 Å². The van der Waals surface area contributed by atoms with Crippen molar-refractivity contribution < 1.29 is 19.4 Å². The van der Waals surface area contributed by atoms with Gasteiger partial charge in [-0.15, -0.1) is 0 Å². The number of benzene rings is 1. The number of carbonyl (C=O) groups is 1. The van der Waals surface area contributed by atoms with Gasteiger partial charge in [-0.25, -0.2) is 4.99 Å². The molecule has 5 heteroatoms. The molecular weight excluding hydrogens is 486 g/mol. The van der Waals surface area contributed by atoms with E-state index < -0.39 is 5.54 Å². The summed E-state index contributed by atoms with van der Waals surface area (Å²) in [5.41, 5.74) is 2.80. The van der Waals surface area contributed by atoms with Crippen LogP contribution in [0.1, 0.15) is 136 Å². The number of hydrogen-bond acceptors (Lipinski definition) is 5. The van der Waals surface area contributed by atoms with Gasteiger partial charge in [0.25, 0.3) is 0 Å². The molecule has 0 aliphatic carbocycles. The molecule has 0 aromatic heterocycles. The van der Waals surface area contributed by atoms with Crippen LogP contribution in [0.5, 0.6) is 5.75 Å². The van der Waals surface area contributed by atoms with Crippen LogP contribution >= 0.6 is 0 Å². The van der Waals surface area contributed by atoms with Gasteiger partial charge >= 0.3 is 5.97 Å². The Morgan fingerprint density at radius 2 is 1.51 bits per heavy atom. The minimum Gasteiger partial charge on any atom is -0.507 e. The van der Waals surface area contributed by atoms with Crippen LogP contribution in [-0.2, 0) is 31.5 Å². The fraction of sp³-hybridized carbons (Fsp3) is 0.706. The molecule has 0 saturated heterocycles. The SMILES string of the molecule is C=C(CCCCCCCCCC)C1=NC(C)(COC(=O)CCc2cc(C(C)(C)C)c(O)c(C(C)(C)C)c2)CO1. The molecule has 0 bridgehead atoms. The number of phenolic OH excluding ortho intramolecular Hbond substituents is 1. The second kappa shape index (κ2) is 14.4. The molecule has 1 aliphatic heterocycles. The molecule has 0 saturated carbocycles. The Hall–Kier alpha value is -2.30. The number of esters is 1. The molecule has 1 aliphatic rings. The van der Waals surface area contributed by atoms with Crippen molar-refractivity contribution in [2.75, 3.05) is 13.2 Å². The predicted octanol–water partition coefficient (Wildman–Crippen LogP) is 8.74. The Balaban J connectivity index is 1.85. The highest BCUT2D eigenvalue weighted by atomic mass is 16.5. The maximum absolute atomic E-state index is 12.7. The fourth-order valence-electron chi connectivity index (χ4n) is 4.90. The van der Waals surface area contributed by atoms with Crippen molar-refractivity contribution in [1.82, 2.24) is 0 Å². The highest BCUT2D eigenvalue weighted by Gasteiger charge is 2.34. The maximum Gasteiger partial charge on any atom is 0.306 e. The standard InChI is InChI=1S/C34H55NO4/c1-10-11-12-13-14-15-16-17-18-25(2)31-35-34(9,24-39-31)23-38-29(36)20-19-26-21-27(32(3,4)5)30(37)28(22-26)33(6,7)8/h21-22,37H,2,10-20,23-24H2,1,3-9H3. The summed E-state index contributed by atoms with van der Waals surface area (Å²) in [6.07, 6.45) is 12.0. The zero-order valence-electron chi connectivity index (χ0n) is 26.2. The summed E-state index contributed by atoms with van der Waals surface area (Å²) >= 11 is 0. The van der Waals surface area contributed by atoms with E-state index in [1.165, 1.54) is 44.9 Å². The van der Waals surface area contributed by atoms with Gasteiger partial charge in [0.1, 0.15) is 24.5 Å². The third kappa shape index (κ3) is 10.7. The van der Waals surface area contributed by atoms with Crippen molar-refractivity contribution in [3.05, 3.63) is 41.0 Å². The Morgan fingerprint density at radius 1 is 0.974 bits per heavy atom. The number of unbranched alkanes of at least 4 members (excludes halogenated alkanes) is 7. The van der Waals surface area contributed by atoms with Gasteiger partial charge in [-0.05, 0) is 53.7 Å². The van der Waals surface area contributed by atoms with Gasteiger partial charge in [-0.3, -0.25) is 4.79 Å². The zero-order chi connectivity index (χ0) is 29.3. The zero-order valence-corrected chi connectivity index (χ0v) is 26.2. The Kier molecular flexibility index (Phi) is 12.1. The summed E-state index contributed by atoms with van der Waals surface area (Å²) in [5.74, 6) is 0.721. The van der Waals surface area contributed by atoms with Crippen molar-refractivity contribution in [2.45, 2.75) is 142 Å². The lowest BCUT2D eigenvalue weighted by molar-refractivity contribution is -0.145. The van der Waals surface area contributed by atoms with E-state index in [2.05, 4.69) is 55.0 Å². The smallest absolute Gasteiger partial charge is 0.306 e. The summed E-state index contributed by atoms with van der Waals surface area (Å²) < 4.78 is 11.5. The molecule has 1 atom stereocenters. The quantitative estimate of drug-likeness (QED) is 0.178. The van der Waals surface area contributed by atoms with Crippen LogP contribution in [-0.4, -0.2) is 35.7 Å². The summed E-state index contributed by atoms with van der Waals surface area (Å²) in [4.78, 5) is 17.4. The number of hydrogen-bond donors (Lipinski definition) is 1. The van der Waals surface area contributed by atoms with Gasteiger partial charge in [-0.1, -0.05) is 112 Å². The van der Waals surface area contributed by atoms with E-state index in [1.54, 1.807) is 0 Å². The van der Waals surface area contributed by atoms with Crippen molar-refractivity contribution >= 4 is 11.9 Å². The lowest BCUT2D eigenvalue weighted by Crippen LogP contribution is -2.31. The van der Waals surface area contributed by atoms with E-state index in [0.717, 1.165) is 35.1 Å². The van der Waals surface area contributed by atoms with Gasteiger partial charge in [0.05, 0.1) is 0 Å². The van der Waals surface area contributed by atoms with E-state index in [9.17, 15) is 9.90 Å². The molecule has 0 fully saturated rings. The highest BCUT2D eigenvalue weighted by Crippen LogP contribution is 2.40. The molecule has 1 heterocycles. The van der Waals surface area contributed by atoms with Crippen molar-refractivity contribution in [3.63, 3.8) is 0 Å². The van der Waals surface area contributed by atoms with Gasteiger partial charge in [-0.2, -0.15) is 0 Å². The van der Waals surface area contributed by atoms with E-state index in [-0.39, 0.29) is 29.8 Å². The molecule has 220 valence electrons. The van der Waals surface area contributed by atoms with Crippen LogP contribution in [0.3, 0.4) is 0 Å². The van der Waals surface area contributed by atoms with Crippen LogP contribution in [0.2, 0.25) is 0 Å². The Bertz CT molecular complexity index is 960. The third-order valence-corrected chi connectivity index (χ3v) is 7.47. The molecule has 39 heavy (non-hydrogen) atoms. The second-order valence-electron chi connectivity index (χ2n) is 13.7. The maximum atomic E-state index is 12.7. The van der Waals surface area contributed by atoms with E-state index in [0.29, 0.717) is 24.7 Å². The molecule has 0 amide bonds. The van der Waals surface area contributed by atoms with Crippen LogP contribution in [0.25, 0.3) is 0 Å². The molecule has 1 N–H and O–H groups in total. The lowest BCUT2D eigenvalue weighted by Gasteiger charge is -2.28. The van der Waals surface area contributed by atoms with Crippen LogP contribution in [0, 0.1) is 0 Å². The Labute approximate surface area is 238 Å². The minimum atomic E-state index is -0.579. The minimum absolute atomic E-state index is 0.191. The topological polar surface area (TPSA) is 68.1 Å². The number of ether oxygens (including phenoxy) is 2.